The number of carbonyl (C=O) groups is 1. The van der Waals surface area contributed by atoms with E-state index in [0.29, 0.717) is 22.9 Å². The molecule has 8 heteroatoms. The lowest BCUT2D eigenvalue weighted by Gasteiger charge is -1.99. The zero-order valence-electron chi connectivity index (χ0n) is 11.7. The van der Waals surface area contributed by atoms with Gasteiger partial charge in [0.2, 0.25) is 12.6 Å². The highest BCUT2D eigenvalue weighted by Gasteiger charge is 2.17. The van der Waals surface area contributed by atoms with E-state index in [1.807, 2.05) is 0 Å². The maximum absolute atomic E-state index is 11.7. The molecule has 3 aromatic rings. The SMILES string of the molecule is O=C(OCc1nc(-c2ccc3c(c2)OCO3)no1)c1ccsc1. The Morgan fingerprint density at radius 3 is 3.04 bits per heavy atom. The fourth-order valence-corrected chi connectivity index (χ4v) is 2.68. The van der Waals surface area contributed by atoms with Gasteiger partial charge in [-0.05, 0) is 29.6 Å². The van der Waals surface area contributed by atoms with Crippen LogP contribution in [0.3, 0.4) is 0 Å². The summed E-state index contributed by atoms with van der Waals surface area (Å²) in [5.74, 6) is 1.51. The number of nitrogens with zero attached hydrogens (tertiary/aromatic N) is 2. The fourth-order valence-electron chi connectivity index (χ4n) is 2.06. The first kappa shape index (κ1) is 13.8. The van der Waals surface area contributed by atoms with Crippen LogP contribution < -0.4 is 9.47 Å². The Kier molecular flexibility index (Phi) is 3.43. The molecule has 0 radical (unpaired) electrons. The smallest absolute Gasteiger partial charge is 0.339 e. The van der Waals surface area contributed by atoms with Crippen LogP contribution in [-0.4, -0.2) is 22.9 Å². The van der Waals surface area contributed by atoms with Gasteiger partial charge in [0, 0.05) is 10.9 Å². The van der Waals surface area contributed by atoms with E-state index < -0.39 is 5.97 Å². The van der Waals surface area contributed by atoms with Gasteiger partial charge in [-0.15, -0.1) is 0 Å². The third kappa shape index (κ3) is 2.76. The van der Waals surface area contributed by atoms with E-state index >= 15 is 0 Å². The number of fused-ring (bicyclic) bond motifs is 1. The summed E-state index contributed by atoms with van der Waals surface area (Å²) in [4.78, 5) is 16.0. The average Bonchev–Trinajstić information content (AvgIpc) is 3.32. The van der Waals surface area contributed by atoms with Gasteiger partial charge in [0.25, 0.3) is 5.89 Å². The normalized spacial score (nSPS) is 12.3. The highest BCUT2D eigenvalue weighted by atomic mass is 32.1. The summed E-state index contributed by atoms with van der Waals surface area (Å²) >= 11 is 1.43. The summed E-state index contributed by atoms with van der Waals surface area (Å²) in [5, 5.41) is 7.40. The Balaban J connectivity index is 1.45. The van der Waals surface area contributed by atoms with Crippen molar-refractivity contribution in [3.05, 3.63) is 46.5 Å². The lowest BCUT2D eigenvalue weighted by Crippen LogP contribution is -2.03. The van der Waals surface area contributed by atoms with Crippen LogP contribution in [0.2, 0.25) is 0 Å². The first-order valence-electron chi connectivity index (χ1n) is 6.71. The number of benzene rings is 1. The molecule has 0 saturated heterocycles. The minimum atomic E-state index is -0.422. The van der Waals surface area contributed by atoms with Crippen molar-refractivity contribution in [1.82, 2.24) is 10.1 Å². The Bertz CT molecular complexity index is 843. The van der Waals surface area contributed by atoms with Gasteiger partial charge in [0.15, 0.2) is 18.1 Å². The highest BCUT2D eigenvalue weighted by molar-refractivity contribution is 7.08. The highest BCUT2D eigenvalue weighted by Crippen LogP contribution is 2.35. The molecule has 0 spiro atoms. The minimum absolute atomic E-state index is 0.0772. The van der Waals surface area contributed by atoms with Crippen LogP contribution in [0, 0.1) is 0 Å². The van der Waals surface area contributed by atoms with Crippen molar-refractivity contribution in [2.45, 2.75) is 6.61 Å². The predicted octanol–water partition coefficient (Wildman–Crippen LogP) is 2.88. The van der Waals surface area contributed by atoms with Gasteiger partial charge in [-0.2, -0.15) is 16.3 Å². The molecule has 3 heterocycles. The third-order valence-electron chi connectivity index (χ3n) is 3.18. The van der Waals surface area contributed by atoms with Crippen LogP contribution >= 0.6 is 11.3 Å². The van der Waals surface area contributed by atoms with Crippen LogP contribution in [-0.2, 0) is 11.3 Å². The Hall–Kier alpha value is -2.87. The van der Waals surface area contributed by atoms with Crippen LogP contribution in [0.15, 0.2) is 39.5 Å². The molecule has 0 N–H and O–H groups in total. The molecule has 0 fully saturated rings. The van der Waals surface area contributed by atoms with Crippen molar-refractivity contribution in [3.63, 3.8) is 0 Å². The number of hydrogen-bond donors (Lipinski definition) is 0. The summed E-state index contributed by atoms with van der Waals surface area (Å²) in [5.41, 5.74) is 1.24. The van der Waals surface area contributed by atoms with Crippen LogP contribution in [0.1, 0.15) is 16.2 Å². The molecule has 4 rings (SSSR count). The molecule has 0 bridgehead atoms. The molecular weight excluding hydrogens is 320 g/mol. The summed E-state index contributed by atoms with van der Waals surface area (Å²) in [6.45, 7) is 0.126. The van der Waals surface area contributed by atoms with E-state index in [0.717, 1.165) is 5.56 Å². The number of aromatic nitrogens is 2. The zero-order valence-corrected chi connectivity index (χ0v) is 12.5. The fraction of sp³-hybridized carbons (Fsp3) is 0.133. The van der Waals surface area contributed by atoms with Gasteiger partial charge in [-0.1, -0.05) is 5.16 Å². The van der Waals surface area contributed by atoms with Crippen LogP contribution in [0.25, 0.3) is 11.4 Å². The van der Waals surface area contributed by atoms with Gasteiger partial charge < -0.3 is 18.7 Å². The number of hydrogen-bond acceptors (Lipinski definition) is 8. The van der Waals surface area contributed by atoms with E-state index in [-0.39, 0.29) is 19.3 Å². The van der Waals surface area contributed by atoms with Gasteiger partial charge >= 0.3 is 5.97 Å². The number of carbonyl (C=O) groups excluding carboxylic acids is 1. The van der Waals surface area contributed by atoms with Crippen LogP contribution in [0.4, 0.5) is 0 Å². The molecule has 1 aliphatic heterocycles. The second-order valence-corrected chi connectivity index (χ2v) is 5.45. The Labute approximate surface area is 134 Å². The summed E-state index contributed by atoms with van der Waals surface area (Å²) in [6, 6.07) is 7.05. The zero-order chi connectivity index (χ0) is 15.6. The second kappa shape index (κ2) is 5.73. The number of ether oxygens (including phenoxy) is 3. The van der Waals surface area contributed by atoms with Crippen LogP contribution in [0.5, 0.6) is 11.5 Å². The topological polar surface area (TPSA) is 83.7 Å². The van der Waals surface area contributed by atoms with Crippen molar-refractivity contribution < 1.29 is 23.5 Å². The molecular formula is C15H10N2O5S. The third-order valence-corrected chi connectivity index (χ3v) is 3.87. The molecule has 1 aromatic carbocycles. The van der Waals surface area contributed by atoms with Gasteiger partial charge in [0.05, 0.1) is 5.56 Å². The van der Waals surface area contributed by atoms with Crippen molar-refractivity contribution in [2.24, 2.45) is 0 Å². The van der Waals surface area contributed by atoms with Gasteiger partial charge in [-0.25, -0.2) is 4.79 Å². The molecule has 23 heavy (non-hydrogen) atoms. The monoisotopic (exact) mass is 330 g/mol. The van der Waals surface area contributed by atoms with Crippen molar-refractivity contribution in [3.8, 4) is 22.9 Å². The summed E-state index contributed by atoms with van der Waals surface area (Å²) < 4.78 is 20.8. The first-order valence-corrected chi connectivity index (χ1v) is 7.66. The average molecular weight is 330 g/mol. The van der Waals surface area contributed by atoms with Gasteiger partial charge in [-0.3, -0.25) is 0 Å². The van der Waals surface area contributed by atoms with E-state index in [1.165, 1.54) is 11.3 Å². The summed E-state index contributed by atoms with van der Waals surface area (Å²) in [6.07, 6.45) is 0. The molecule has 0 unspecified atom stereocenters. The molecule has 0 saturated carbocycles. The maximum atomic E-state index is 11.7. The minimum Gasteiger partial charge on any atom is -0.454 e. The van der Waals surface area contributed by atoms with Crippen molar-refractivity contribution in [2.75, 3.05) is 6.79 Å². The Morgan fingerprint density at radius 2 is 2.17 bits per heavy atom. The van der Waals surface area contributed by atoms with Crippen molar-refractivity contribution >= 4 is 17.3 Å². The quantitative estimate of drug-likeness (QED) is 0.680. The van der Waals surface area contributed by atoms with Crippen molar-refractivity contribution in [1.29, 1.82) is 0 Å². The second-order valence-electron chi connectivity index (χ2n) is 4.67. The lowest BCUT2D eigenvalue weighted by molar-refractivity contribution is 0.0430. The lowest BCUT2D eigenvalue weighted by atomic mass is 10.2. The first-order chi connectivity index (χ1) is 11.3. The largest absolute Gasteiger partial charge is 0.454 e. The van der Waals surface area contributed by atoms with E-state index in [1.54, 1.807) is 35.0 Å². The Morgan fingerprint density at radius 1 is 1.26 bits per heavy atom. The number of thiophene rings is 1. The predicted molar refractivity (Wildman–Crippen MR) is 79.3 cm³/mol. The molecule has 1 aliphatic rings. The standard InChI is InChI=1S/C15H10N2O5S/c18-15(10-3-4-23-7-10)19-6-13-16-14(17-22-13)9-1-2-11-12(5-9)21-8-20-11/h1-5,7H,6,8H2. The summed E-state index contributed by atoms with van der Waals surface area (Å²) in [7, 11) is 0. The van der Waals surface area contributed by atoms with E-state index in [9.17, 15) is 4.79 Å². The molecule has 7 nitrogen and oxygen atoms in total. The van der Waals surface area contributed by atoms with E-state index in [4.69, 9.17) is 18.7 Å². The molecule has 0 aliphatic carbocycles. The molecule has 116 valence electrons. The molecule has 0 atom stereocenters. The number of rotatable bonds is 4. The molecule has 2 aromatic heterocycles. The van der Waals surface area contributed by atoms with E-state index in [2.05, 4.69) is 10.1 Å². The molecule has 0 amide bonds. The maximum Gasteiger partial charge on any atom is 0.339 e. The number of esters is 1. The van der Waals surface area contributed by atoms with Gasteiger partial charge in [0.1, 0.15) is 0 Å².